The van der Waals surface area contributed by atoms with Crippen molar-refractivity contribution in [2.45, 2.75) is 25.8 Å². The van der Waals surface area contributed by atoms with Gasteiger partial charge in [-0.15, -0.1) is 0 Å². The lowest BCUT2D eigenvalue weighted by atomic mass is 9.95. The third kappa shape index (κ3) is 2.57. The first-order valence-electron chi connectivity index (χ1n) is 8.15. The van der Waals surface area contributed by atoms with E-state index in [1.54, 1.807) is 12.1 Å². The Morgan fingerprint density at radius 3 is 2.75 bits per heavy atom. The highest BCUT2D eigenvalue weighted by Gasteiger charge is 2.32. The van der Waals surface area contributed by atoms with Gasteiger partial charge in [0.1, 0.15) is 12.1 Å². The highest BCUT2D eigenvalue weighted by molar-refractivity contribution is 7.17. The van der Waals surface area contributed by atoms with Gasteiger partial charge < -0.3 is 5.11 Å². The predicted molar refractivity (Wildman–Crippen MR) is 90.7 cm³/mol. The van der Waals surface area contributed by atoms with Gasteiger partial charge in [0, 0.05) is 5.56 Å². The third-order valence-electron chi connectivity index (χ3n) is 4.77. The number of piperidine rings is 1. The number of likely N-dealkylation sites (tertiary alicyclic amines) is 1. The lowest BCUT2D eigenvalue weighted by molar-refractivity contribution is 0.155. The molecule has 5 nitrogen and oxygen atoms in total. The molecule has 1 saturated heterocycles. The molecule has 1 aliphatic rings. The number of benzene rings is 1. The molecule has 1 aromatic carbocycles. The molecule has 7 heteroatoms. The summed E-state index contributed by atoms with van der Waals surface area (Å²) in [5, 5.41) is 14.7. The maximum Gasteiger partial charge on any atom is 0.230 e. The zero-order valence-electron chi connectivity index (χ0n) is 13.4. The minimum atomic E-state index is -0.313. The van der Waals surface area contributed by atoms with Crippen LogP contribution in [0, 0.1) is 11.7 Å². The number of halogens is 1. The van der Waals surface area contributed by atoms with Crippen LogP contribution in [0.25, 0.3) is 4.96 Å². The Balaban J connectivity index is 1.82. The first kappa shape index (κ1) is 15.5. The van der Waals surface area contributed by atoms with Gasteiger partial charge in [-0.25, -0.2) is 9.37 Å². The van der Waals surface area contributed by atoms with Gasteiger partial charge in [0.25, 0.3) is 0 Å². The Morgan fingerprint density at radius 2 is 2.04 bits per heavy atom. The zero-order chi connectivity index (χ0) is 16.7. The summed E-state index contributed by atoms with van der Waals surface area (Å²) < 4.78 is 15.9. The molecule has 1 N–H and O–H groups in total. The van der Waals surface area contributed by atoms with Gasteiger partial charge in [0.05, 0.1) is 10.9 Å². The Bertz CT molecular complexity index is 853. The summed E-state index contributed by atoms with van der Waals surface area (Å²) in [4.78, 5) is 7.73. The third-order valence-corrected chi connectivity index (χ3v) is 5.86. The van der Waals surface area contributed by atoms with E-state index in [1.807, 2.05) is 6.07 Å². The quantitative estimate of drug-likeness (QED) is 0.789. The number of fused-ring (bicyclic) bond motifs is 1. The molecule has 126 valence electrons. The van der Waals surface area contributed by atoms with Gasteiger partial charge in [-0.05, 0) is 37.9 Å². The summed E-state index contributed by atoms with van der Waals surface area (Å²) in [5.41, 5.74) is 0.590. The summed E-state index contributed by atoms with van der Waals surface area (Å²) >= 11 is 1.37. The molecule has 0 saturated carbocycles. The van der Waals surface area contributed by atoms with E-state index in [0.29, 0.717) is 21.3 Å². The summed E-state index contributed by atoms with van der Waals surface area (Å²) in [6.45, 7) is 4.01. The lowest BCUT2D eigenvalue weighted by Gasteiger charge is -2.36. The van der Waals surface area contributed by atoms with Crippen molar-refractivity contribution in [3.63, 3.8) is 0 Å². The molecule has 24 heavy (non-hydrogen) atoms. The topological polar surface area (TPSA) is 53.7 Å². The first-order valence-corrected chi connectivity index (χ1v) is 8.96. The van der Waals surface area contributed by atoms with Crippen molar-refractivity contribution >= 4 is 16.3 Å². The molecule has 0 radical (unpaired) electrons. The lowest BCUT2D eigenvalue weighted by Crippen LogP contribution is -2.36. The van der Waals surface area contributed by atoms with E-state index in [9.17, 15) is 9.50 Å². The van der Waals surface area contributed by atoms with E-state index >= 15 is 0 Å². The molecule has 1 atom stereocenters. The first-order chi connectivity index (χ1) is 11.6. The number of nitrogens with zero attached hydrogens (tertiary/aromatic N) is 4. The van der Waals surface area contributed by atoms with Gasteiger partial charge >= 0.3 is 0 Å². The second-order valence-corrected chi connectivity index (χ2v) is 7.40. The SMILES string of the molecule is CC1CCN(C(c2ccccc2F)c2sc3ncnn3c2O)CC1. The molecule has 2 aromatic heterocycles. The Labute approximate surface area is 143 Å². The van der Waals surface area contributed by atoms with Crippen LogP contribution < -0.4 is 0 Å². The van der Waals surface area contributed by atoms with Crippen molar-refractivity contribution in [3.8, 4) is 5.88 Å². The molecule has 1 fully saturated rings. The number of rotatable bonds is 3. The van der Waals surface area contributed by atoms with Crippen molar-refractivity contribution < 1.29 is 9.50 Å². The van der Waals surface area contributed by atoms with E-state index in [-0.39, 0.29) is 17.7 Å². The minimum Gasteiger partial charge on any atom is -0.492 e. The van der Waals surface area contributed by atoms with Gasteiger partial charge in [-0.3, -0.25) is 4.90 Å². The summed E-state index contributed by atoms with van der Waals surface area (Å²) in [7, 11) is 0. The van der Waals surface area contributed by atoms with Crippen molar-refractivity contribution in [1.82, 2.24) is 19.5 Å². The Morgan fingerprint density at radius 1 is 1.29 bits per heavy atom. The Kier molecular flexibility index (Phi) is 3.97. The van der Waals surface area contributed by atoms with Crippen LogP contribution in [0.5, 0.6) is 5.88 Å². The highest BCUT2D eigenvalue weighted by Crippen LogP contribution is 2.41. The van der Waals surface area contributed by atoms with Gasteiger partial charge in [0.15, 0.2) is 0 Å². The van der Waals surface area contributed by atoms with Crippen LogP contribution in [0.2, 0.25) is 0 Å². The van der Waals surface area contributed by atoms with E-state index in [0.717, 1.165) is 25.9 Å². The van der Waals surface area contributed by atoms with Crippen molar-refractivity contribution in [1.29, 1.82) is 0 Å². The number of aromatic nitrogens is 3. The van der Waals surface area contributed by atoms with Gasteiger partial charge in [-0.1, -0.05) is 36.5 Å². The average molecular weight is 346 g/mol. The van der Waals surface area contributed by atoms with E-state index in [4.69, 9.17) is 0 Å². The maximum absolute atomic E-state index is 14.5. The van der Waals surface area contributed by atoms with Crippen LogP contribution in [0.15, 0.2) is 30.6 Å². The highest BCUT2D eigenvalue weighted by atomic mass is 32.1. The van der Waals surface area contributed by atoms with Crippen molar-refractivity contribution in [2.75, 3.05) is 13.1 Å². The smallest absolute Gasteiger partial charge is 0.230 e. The second kappa shape index (κ2) is 6.14. The summed E-state index contributed by atoms with van der Waals surface area (Å²) in [6.07, 6.45) is 3.56. The van der Waals surface area contributed by atoms with E-state index < -0.39 is 0 Å². The largest absolute Gasteiger partial charge is 0.492 e. The molecule has 3 aromatic rings. The fourth-order valence-corrected chi connectivity index (χ4v) is 4.44. The molecular weight excluding hydrogens is 327 g/mol. The zero-order valence-corrected chi connectivity index (χ0v) is 14.2. The molecule has 0 spiro atoms. The second-order valence-electron chi connectivity index (χ2n) is 6.39. The van der Waals surface area contributed by atoms with Crippen LogP contribution in [-0.2, 0) is 0 Å². The van der Waals surface area contributed by atoms with Gasteiger partial charge in [0.2, 0.25) is 10.8 Å². The number of hydrogen-bond donors (Lipinski definition) is 1. The van der Waals surface area contributed by atoms with Crippen LogP contribution >= 0.6 is 11.3 Å². The molecule has 0 amide bonds. The minimum absolute atomic E-state index is 0.0550. The summed E-state index contributed by atoms with van der Waals surface area (Å²) in [6, 6.07) is 6.49. The molecule has 3 heterocycles. The normalized spacial score (nSPS) is 18.2. The fourth-order valence-electron chi connectivity index (χ4n) is 3.36. The van der Waals surface area contributed by atoms with Crippen LogP contribution in [-0.4, -0.2) is 37.7 Å². The van der Waals surface area contributed by atoms with Crippen molar-refractivity contribution in [2.24, 2.45) is 5.92 Å². The maximum atomic E-state index is 14.5. The molecule has 0 bridgehead atoms. The fraction of sp³-hybridized carbons (Fsp3) is 0.412. The van der Waals surface area contributed by atoms with E-state index in [1.165, 1.54) is 28.2 Å². The number of thiazole rings is 1. The van der Waals surface area contributed by atoms with Gasteiger partial charge in [-0.2, -0.15) is 9.61 Å². The van der Waals surface area contributed by atoms with E-state index in [2.05, 4.69) is 21.9 Å². The van der Waals surface area contributed by atoms with Crippen LogP contribution in [0.3, 0.4) is 0 Å². The van der Waals surface area contributed by atoms with Crippen LogP contribution in [0.4, 0.5) is 4.39 Å². The number of aromatic hydroxyl groups is 1. The Hall–Kier alpha value is -1.99. The monoisotopic (exact) mass is 346 g/mol. The molecular formula is C17H19FN4OS. The molecule has 1 aliphatic heterocycles. The van der Waals surface area contributed by atoms with Crippen LogP contribution in [0.1, 0.15) is 36.2 Å². The number of hydrogen-bond acceptors (Lipinski definition) is 5. The molecule has 0 aliphatic carbocycles. The summed E-state index contributed by atoms with van der Waals surface area (Å²) in [5.74, 6) is 0.484. The predicted octanol–water partition coefficient (Wildman–Crippen LogP) is 3.46. The standard InChI is InChI=1S/C17H19FN4OS/c1-11-6-8-21(9-7-11)14(12-4-2-3-5-13(12)18)15-16(23)22-17(24-15)19-10-20-22/h2-5,10-11,14,23H,6-9H2,1H3. The van der Waals surface area contributed by atoms with Crippen molar-refractivity contribution in [3.05, 3.63) is 46.9 Å². The average Bonchev–Trinajstić information content (AvgIpc) is 3.15. The molecule has 4 rings (SSSR count). The molecule has 1 unspecified atom stereocenters.